The highest BCUT2D eigenvalue weighted by Gasteiger charge is 2.38. The van der Waals surface area contributed by atoms with E-state index in [4.69, 9.17) is 5.11 Å². The molecule has 0 aromatic carbocycles. The highest BCUT2D eigenvalue weighted by Crippen LogP contribution is 2.38. The lowest BCUT2D eigenvalue weighted by Crippen LogP contribution is -2.39. The SMILES string of the molecule is C[C@@H](CO)N1CC[C@H]2CCC[C@H]21. The van der Waals surface area contributed by atoms with Gasteiger partial charge in [-0.3, -0.25) is 4.90 Å². The molecule has 1 aliphatic heterocycles. The van der Waals surface area contributed by atoms with Crippen LogP contribution in [0.2, 0.25) is 0 Å². The van der Waals surface area contributed by atoms with Gasteiger partial charge in [0.2, 0.25) is 0 Å². The van der Waals surface area contributed by atoms with Crippen molar-refractivity contribution >= 4 is 0 Å². The van der Waals surface area contributed by atoms with E-state index in [1.807, 2.05) is 0 Å². The summed E-state index contributed by atoms with van der Waals surface area (Å²) in [6, 6.07) is 1.20. The number of hydrogen-bond donors (Lipinski definition) is 1. The molecule has 1 N–H and O–H groups in total. The Kier molecular flexibility index (Phi) is 2.37. The number of rotatable bonds is 2. The summed E-state index contributed by atoms with van der Waals surface area (Å²) in [5.41, 5.74) is 0. The van der Waals surface area contributed by atoms with Crippen LogP contribution in [-0.4, -0.2) is 35.2 Å². The lowest BCUT2D eigenvalue weighted by Gasteiger charge is -2.28. The van der Waals surface area contributed by atoms with E-state index < -0.39 is 0 Å². The third-order valence-electron chi connectivity index (χ3n) is 3.63. The predicted molar refractivity (Wildman–Crippen MR) is 49.0 cm³/mol. The Morgan fingerprint density at radius 2 is 2.25 bits per heavy atom. The number of hydrogen-bond acceptors (Lipinski definition) is 2. The van der Waals surface area contributed by atoms with Gasteiger partial charge >= 0.3 is 0 Å². The first-order chi connectivity index (χ1) is 5.83. The predicted octanol–water partition coefficient (Wildman–Crippen LogP) is 1.24. The molecular formula is C10H19NO. The summed E-state index contributed by atoms with van der Waals surface area (Å²) >= 11 is 0. The minimum atomic E-state index is 0.323. The molecule has 0 aromatic rings. The van der Waals surface area contributed by atoms with Gasteiger partial charge < -0.3 is 5.11 Å². The summed E-state index contributed by atoms with van der Waals surface area (Å²) in [4.78, 5) is 2.51. The molecule has 2 aliphatic rings. The van der Waals surface area contributed by atoms with Crippen LogP contribution in [0.15, 0.2) is 0 Å². The van der Waals surface area contributed by atoms with Gasteiger partial charge in [0.15, 0.2) is 0 Å². The maximum atomic E-state index is 9.07. The molecule has 0 unspecified atom stereocenters. The largest absolute Gasteiger partial charge is 0.395 e. The van der Waals surface area contributed by atoms with E-state index in [1.54, 1.807) is 0 Å². The highest BCUT2D eigenvalue weighted by molar-refractivity contribution is 4.93. The first-order valence-electron chi connectivity index (χ1n) is 5.19. The van der Waals surface area contributed by atoms with E-state index in [0.717, 1.165) is 12.0 Å². The summed E-state index contributed by atoms with van der Waals surface area (Å²) in [7, 11) is 0. The zero-order valence-electron chi connectivity index (χ0n) is 7.87. The molecule has 2 rings (SSSR count). The Hall–Kier alpha value is -0.0800. The minimum Gasteiger partial charge on any atom is -0.395 e. The molecular weight excluding hydrogens is 150 g/mol. The molecule has 2 heteroatoms. The van der Waals surface area contributed by atoms with Gasteiger partial charge in [0.25, 0.3) is 0 Å². The van der Waals surface area contributed by atoms with Crippen molar-refractivity contribution in [3.8, 4) is 0 Å². The third-order valence-corrected chi connectivity index (χ3v) is 3.63. The molecule has 1 heterocycles. The standard InChI is InChI=1S/C10H19NO/c1-8(7-12)11-6-5-9-3-2-4-10(9)11/h8-10,12H,2-7H2,1H3/t8-,9+,10+/m0/s1. The molecule has 0 aromatic heterocycles. The zero-order valence-corrected chi connectivity index (χ0v) is 7.87. The number of aliphatic hydroxyl groups excluding tert-OH is 1. The minimum absolute atomic E-state index is 0.323. The molecule has 12 heavy (non-hydrogen) atoms. The van der Waals surface area contributed by atoms with E-state index in [-0.39, 0.29) is 0 Å². The van der Waals surface area contributed by atoms with Crippen LogP contribution in [0.3, 0.4) is 0 Å². The van der Waals surface area contributed by atoms with E-state index in [2.05, 4.69) is 11.8 Å². The Bertz CT molecular complexity index is 160. The fraction of sp³-hybridized carbons (Fsp3) is 1.00. The van der Waals surface area contributed by atoms with Crippen LogP contribution in [-0.2, 0) is 0 Å². The first kappa shape index (κ1) is 8.52. The first-order valence-corrected chi connectivity index (χ1v) is 5.19. The second-order valence-electron chi connectivity index (χ2n) is 4.32. The molecule has 0 spiro atoms. The Labute approximate surface area is 74.6 Å². The van der Waals surface area contributed by atoms with Crippen molar-refractivity contribution < 1.29 is 5.11 Å². The van der Waals surface area contributed by atoms with Crippen LogP contribution in [0.5, 0.6) is 0 Å². The van der Waals surface area contributed by atoms with Crippen molar-refractivity contribution in [2.24, 2.45) is 5.92 Å². The molecule has 1 saturated carbocycles. The van der Waals surface area contributed by atoms with Crippen molar-refractivity contribution in [2.45, 2.75) is 44.7 Å². The van der Waals surface area contributed by atoms with Crippen LogP contribution in [0.25, 0.3) is 0 Å². The number of likely N-dealkylation sites (tertiary alicyclic amines) is 1. The van der Waals surface area contributed by atoms with E-state index in [1.165, 1.54) is 32.2 Å². The zero-order chi connectivity index (χ0) is 8.55. The lowest BCUT2D eigenvalue weighted by atomic mass is 10.0. The summed E-state index contributed by atoms with van der Waals surface area (Å²) in [6.07, 6.45) is 5.58. The van der Waals surface area contributed by atoms with Crippen molar-refractivity contribution in [1.29, 1.82) is 0 Å². The van der Waals surface area contributed by atoms with Crippen LogP contribution >= 0.6 is 0 Å². The van der Waals surface area contributed by atoms with Crippen molar-refractivity contribution in [3.05, 3.63) is 0 Å². The van der Waals surface area contributed by atoms with Gasteiger partial charge in [-0.25, -0.2) is 0 Å². The quantitative estimate of drug-likeness (QED) is 0.672. The average molecular weight is 169 g/mol. The molecule has 0 bridgehead atoms. The molecule has 0 radical (unpaired) electrons. The van der Waals surface area contributed by atoms with E-state index in [0.29, 0.717) is 12.6 Å². The molecule has 3 atom stereocenters. The van der Waals surface area contributed by atoms with Crippen LogP contribution in [0, 0.1) is 5.92 Å². The second kappa shape index (κ2) is 3.35. The number of aliphatic hydroxyl groups is 1. The molecule has 2 nitrogen and oxygen atoms in total. The fourth-order valence-corrected chi connectivity index (χ4v) is 2.92. The van der Waals surface area contributed by atoms with Gasteiger partial charge in [-0.2, -0.15) is 0 Å². The second-order valence-corrected chi connectivity index (χ2v) is 4.32. The number of nitrogens with zero attached hydrogens (tertiary/aromatic N) is 1. The highest BCUT2D eigenvalue weighted by atomic mass is 16.3. The van der Waals surface area contributed by atoms with Crippen LogP contribution in [0.1, 0.15) is 32.6 Å². The maximum absolute atomic E-state index is 9.07. The Morgan fingerprint density at radius 3 is 3.00 bits per heavy atom. The summed E-state index contributed by atoms with van der Waals surface area (Å²) in [5, 5.41) is 9.07. The van der Waals surface area contributed by atoms with Crippen molar-refractivity contribution in [1.82, 2.24) is 4.90 Å². The Morgan fingerprint density at radius 1 is 1.42 bits per heavy atom. The van der Waals surface area contributed by atoms with Crippen molar-refractivity contribution in [3.63, 3.8) is 0 Å². The van der Waals surface area contributed by atoms with Crippen molar-refractivity contribution in [2.75, 3.05) is 13.2 Å². The average Bonchev–Trinajstić information content (AvgIpc) is 2.62. The molecule has 0 amide bonds. The fourth-order valence-electron chi connectivity index (χ4n) is 2.92. The maximum Gasteiger partial charge on any atom is 0.0584 e. The molecule has 1 aliphatic carbocycles. The van der Waals surface area contributed by atoms with Gasteiger partial charge in [-0.05, 0) is 38.6 Å². The van der Waals surface area contributed by atoms with Gasteiger partial charge in [0.05, 0.1) is 6.61 Å². The Balaban J connectivity index is 1.99. The normalized spacial score (nSPS) is 38.5. The summed E-state index contributed by atoms with van der Waals surface area (Å²) in [5.74, 6) is 0.957. The van der Waals surface area contributed by atoms with E-state index >= 15 is 0 Å². The summed E-state index contributed by atoms with van der Waals surface area (Å²) < 4.78 is 0. The van der Waals surface area contributed by atoms with E-state index in [9.17, 15) is 0 Å². The molecule has 70 valence electrons. The monoisotopic (exact) mass is 169 g/mol. The van der Waals surface area contributed by atoms with Gasteiger partial charge in [-0.15, -0.1) is 0 Å². The van der Waals surface area contributed by atoms with Crippen LogP contribution in [0.4, 0.5) is 0 Å². The smallest absolute Gasteiger partial charge is 0.0584 e. The van der Waals surface area contributed by atoms with Gasteiger partial charge in [-0.1, -0.05) is 6.42 Å². The molecule has 1 saturated heterocycles. The lowest BCUT2D eigenvalue weighted by molar-refractivity contribution is 0.119. The van der Waals surface area contributed by atoms with Gasteiger partial charge in [0, 0.05) is 12.1 Å². The number of fused-ring (bicyclic) bond motifs is 1. The third kappa shape index (κ3) is 1.27. The topological polar surface area (TPSA) is 23.5 Å². The van der Waals surface area contributed by atoms with Gasteiger partial charge in [0.1, 0.15) is 0 Å². The molecule has 2 fully saturated rings. The van der Waals surface area contributed by atoms with Crippen LogP contribution < -0.4 is 0 Å². The summed E-state index contributed by atoms with van der Waals surface area (Å²) in [6.45, 7) is 3.68.